The summed E-state index contributed by atoms with van der Waals surface area (Å²) in [5.41, 5.74) is 0.362. The summed E-state index contributed by atoms with van der Waals surface area (Å²) in [6.07, 6.45) is 8.11. The molecule has 0 saturated carbocycles. The van der Waals surface area contributed by atoms with E-state index in [2.05, 4.69) is 31.9 Å². The van der Waals surface area contributed by atoms with E-state index in [9.17, 15) is 0 Å². The number of rotatable bonds is 4. The zero-order chi connectivity index (χ0) is 17.8. The van der Waals surface area contributed by atoms with Gasteiger partial charge >= 0.3 is 0 Å². The molecule has 8 heteroatoms. The minimum atomic E-state index is 0. The Kier molecular flexibility index (Phi) is 7.35. The average Bonchev–Trinajstić information content (AvgIpc) is 3.34. The molecule has 3 aliphatic heterocycles. The Bertz CT molecular complexity index is 640. The van der Waals surface area contributed by atoms with E-state index in [1.165, 1.54) is 32.1 Å². The van der Waals surface area contributed by atoms with Crippen molar-refractivity contribution >= 4 is 29.9 Å². The molecule has 4 rings (SSSR count). The number of nitrogens with one attached hydrogen (secondary N) is 1. The third kappa shape index (κ3) is 4.75. The molecule has 1 aromatic heterocycles. The van der Waals surface area contributed by atoms with Crippen molar-refractivity contribution in [2.45, 2.75) is 58.4 Å². The lowest BCUT2D eigenvalue weighted by atomic mass is 9.87. The molecule has 0 aliphatic carbocycles. The van der Waals surface area contributed by atoms with Gasteiger partial charge in [0.2, 0.25) is 0 Å². The van der Waals surface area contributed by atoms with Gasteiger partial charge in [-0.2, -0.15) is 0 Å². The Balaban J connectivity index is 0.00000210. The van der Waals surface area contributed by atoms with Crippen LogP contribution in [0.3, 0.4) is 0 Å². The van der Waals surface area contributed by atoms with E-state index < -0.39 is 0 Å². The zero-order valence-corrected chi connectivity index (χ0v) is 18.8. The van der Waals surface area contributed by atoms with Gasteiger partial charge in [-0.1, -0.05) is 6.42 Å². The fourth-order valence-corrected chi connectivity index (χ4v) is 4.51. The normalized spacial score (nSPS) is 25.4. The second-order valence-electron chi connectivity index (χ2n) is 7.95. The predicted molar refractivity (Wildman–Crippen MR) is 117 cm³/mol. The number of nitrogens with zero attached hydrogens (tertiary/aromatic N) is 5. The third-order valence-corrected chi connectivity index (χ3v) is 6.04. The van der Waals surface area contributed by atoms with Crippen molar-refractivity contribution in [1.82, 2.24) is 25.0 Å². The lowest BCUT2D eigenvalue weighted by Gasteiger charge is -2.25. The van der Waals surface area contributed by atoms with Gasteiger partial charge in [-0.3, -0.25) is 4.99 Å². The molecule has 0 amide bonds. The smallest absolute Gasteiger partial charge is 0.193 e. The summed E-state index contributed by atoms with van der Waals surface area (Å²) in [7, 11) is 0. The Hall–Kier alpha value is -0.900. The Morgan fingerprint density at radius 3 is 2.96 bits per heavy atom. The maximum Gasteiger partial charge on any atom is 0.193 e. The first-order valence-corrected chi connectivity index (χ1v) is 10.3. The number of aryl methyl sites for hydroxylation is 1. The van der Waals surface area contributed by atoms with Crippen molar-refractivity contribution in [2.75, 3.05) is 39.4 Å². The molecule has 4 heterocycles. The van der Waals surface area contributed by atoms with E-state index >= 15 is 0 Å². The molecule has 27 heavy (non-hydrogen) atoms. The number of ether oxygens (including phenoxy) is 1. The van der Waals surface area contributed by atoms with Crippen LogP contribution in [0, 0.1) is 5.41 Å². The van der Waals surface area contributed by atoms with Crippen molar-refractivity contribution in [3.8, 4) is 0 Å². The van der Waals surface area contributed by atoms with Gasteiger partial charge in [0, 0.05) is 57.6 Å². The van der Waals surface area contributed by atoms with Crippen molar-refractivity contribution in [2.24, 2.45) is 10.4 Å². The minimum Gasteiger partial charge on any atom is -0.381 e. The molecule has 1 N–H and O–H groups in total. The Morgan fingerprint density at radius 2 is 2.15 bits per heavy atom. The van der Waals surface area contributed by atoms with Crippen molar-refractivity contribution in [1.29, 1.82) is 0 Å². The molecular weight excluding hydrogens is 455 g/mol. The average molecular weight is 488 g/mol. The quantitative estimate of drug-likeness (QED) is 0.400. The first-order chi connectivity index (χ1) is 12.8. The van der Waals surface area contributed by atoms with E-state index in [1.807, 2.05) is 0 Å². The minimum absolute atomic E-state index is 0. The van der Waals surface area contributed by atoms with Crippen LogP contribution in [-0.4, -0.2) is 65.0 Å². The monoisotopic (exact) mass is 488 g/mol. The van der Waals surface area contributed by atoms with Gasteiger partial charge in [-0.05, 0) is 32.6 Å². The fraction of sp³-hybridized carbons (Fsp3) is 0.842. The fourth-order valence-electron chi connectivity index (χ4n) is 4.51. The van der Waals surface area contributed by atoms with Gasteiger partial charge in [-0.25, -0.2) is 0 Å². The first kappa shape index (κ1) is 20.8. The summed E-state index contributed by atoms with van der Waals surface area (Å²) in [6, 6.07) is 0. The van der Waals surface area contributed by atoms with E-state index in [4.69, 9.17) is 9.73 Å². The summed E-state index contributed by atoms with van der Waals surface area (Å²) in [4.78, 5) is 7.33. The largest absolute Gasteiger partial charge is 0.381 e. The number of hydrogen-bond acceptors (Lipinski definition) is 4. The second kappa shape index (κ2) is 9.54. The van der Waals surface area contributed by atoms with Gasteiger partial charge in [-0.15, -0.1) is 34.2 Å². The molecule has 1 unspecified atom stereocenters. The summed E-state index contributed by atoms with van der Waals surface area (Å²) < 4.78 is 7.99. The number of halogens is 1. The van der Waals surface area contributed by atoms with E-state index in [0.29, 0.717) is 5.41 Å². The highest BCUT2D eigenvalue weighted by atomic mass is 127. The molecule has 1 atom stereocenters. The van der Waals surface area contributed by atoms with Crippen molar-refractivity contribution in [3.63, 3.8) is 0 Å². The lowest BCUT2D eigenvalue weighted by molar-refractivity contribution is 0.156. The highest BCUT2D eigenvalue weighted by Crippen LogP contribution is 2.38. The first-order valence-electron chi connectivity index (χ1n) is 10.3. The van der Waals surface area contributed by atoms with Crippen LogP contribution in [0.1, 0.15) is 50.7 Å². The molecule has 7 nitrogen and oxygen atoms in total. The van der Waals surface area contributed by atoms with Crippen LogP contribution in [0.15, 0.2) is 4.99 Å². The molecular formula is C19H33IN6O. The SMILES string of the molecule is CCNC(=NCCc1nnc2n1CCCCC2)N1CCC2(CCOC2)C1.I. The van der Waals surface area contributed by atoms with Crippen LogP contribution in [0.2, 0.25) is 0 Å². The number of aromatic nitrogens is 3. The highest BCUT2D eigenvalue weighted by molar-refractivity contribution is 14.0. The summed E-state index contributed by atoms with van der Waals surface area (Å²) in [5.74, 6) is 3.31. The second-order valence-corrected chi connectivity index (χ2v) is 7.95. The number of aliphatic imine (C=N–C) groups is 1. The Labute approximate surface area is 179 Å². The molecule has 2 fully saturated rings. The van der Waals surface area contributed by atoms with Crippen molar-refractivity contribution in [3.05, 3.63) is 11.6 Å². The van der Waals surface area contributed by atoms with Crippen LogP contribution >= 0.6 is 24.0 Å². The number of fused-ring (bicyclic) bond motifs is 1. The van der Waals surface area contributed by atoms with E-state index in [-0.39, 0.29) is 24.0 Å². The van der Waals surface area contributed by atoms with Gasteiger partial charge in [0.25, 0.3) is 0 Å². The third-order valence-electron chi connectivity index (χ3n) is 6.04. The summed E-state index contributed by atoms with van der Waals surface area (Å²) >= 11 is 0. The van der Waals surface area contributed by atoms with Gasteiger partial charge < -0.3 is 19.5 Å². The van der Waals surface area contributed by atoms with Crippen LogP contribution in [0.5, 0.6) is 0 Å². The molecule has 3 aliphatic rings. The van der Waals surface area contributed by atoms with E-state index in [1.54, 1.807) is 0 Å². The van der Waals surface area contributed by atoms with E-state index in [0.717, 1.165) is 76.4 Å². The molecule has 0 aromatic carbocycles. The standard InChI is InChI=1S/C19H32N6O.HI/c1-2-20-18(24-12-8-19(14-24)9-13-26-15-19)21-10-7-17-23-22-16-6-4-3-5-11-25(16)17;/h2-15H2,1H3,(H,20,21);1H. The molecule has 0 radical (unpaired) electrons. The molecule has 0 bridgehead atoms. The molecule has 1 spiro atoms. The maximum atomic E-state index is 5.66. The predicted octanol–water partition coefficient (Wildman–Crippen LogP) is 2.24. The summed E-state index contributed by atoms with van der Waals surface area (Å²) in [5, 5.41) is 12.3. The topological polar surface area (TPSA) is 67.6 Å². The molecule has 1 aromatic rings. The number of guanidine groups is 1. The Morgan fingerprint density at radius 1 is 1.22 bits per heavy atom. The zero-order valence-electron chi connectivity index (χ0n) is 16.5. The van der Waals surface area contributed by atoms with Gasteiger partial charge in [0.1, 0.15) is 11.6 Å². The maximum absolute atomic E-state index is 5.66. The van der Waals surface area contributed by atoms with Crippen molar-refractivity contribution < 1.29 is 4.74 Å². The highest BCUT2D eigenvalue weighted by Gasteiger charge is 2.42. The van der Waals surface area contributed by atoms with Gasteiger partial charge in [0.05, 0.1) is 6.61 Å². The van der Waals surface area contributed by atoms with Crippen LogP contribution in [0.25, 0.3) is 0 Å². The van der Waals surface area contributed by atoms with Crippen LogP contribution in [-0.2, 0) is 24.1 Å². The lowest BCUT2D eigenvalue weighted by Crippen LogP contribution is -2.41. The molecule has 2 saturated heterocycles. The van der Waals surface area contributed by atoms with Gasteiger partial charge in [0.15, 0.2) is 5.96 Å². The van der Waals surface area contributed by atoms with Crippen LogP contribution < -0.4 is 5.32 Å². The number of likely N-dealkylation sites (tertiary alicyclic amines) is 1. The van der Waals surface area contributed by atoms with Crippen LogP contribution in [0.4, 0.5) is 0 Å². The number of hydrogen-bond donors (Lipinski definition) is 1. The molecule has 152 valence electrons. The summed E-state index contributed by atoms with van der Waals surface area (Å²) in [6.45, 7) is 8.84.